The number of carbonyl (C=O) groups excluding carboxylic acids is 2. The third-order valence-electron chi connectivity index (χ3n) is 3.10. The average molecular weight is 282 g/mol. The van der Waals surface area contributed by atoms with E-state index in [9.17, 15) is 9.59 Å². The number of rotatable bonds is 6. The molecule has 2 rings (SSSR count). The number of nitrogens with one attached hydrogen (secondary N) is 1. The maximum Gasteiger partial charge on any atom is 0.224 e. The normalized spacial score (nSPS) is 10.1. The Balaban J connectivity index is 1.83. The molecule has 0 spiro atoms. The number of benzene rings is 2. The van der Waals surface area contributed by atoms with Gasteiger partial charge >= 0.3 is 0 Å². The monoisotopic (exact) mass is 282 g/mol. The quantitative estimate of drug-likeness (QED) is 0.853. The van der Waals surface area contributed by atoms with Crippen molar-refractivity contribution in [2.75, 3.05) is 5.32 Å². The van der Waals surface area contributed by atoms with Crippen LogP contribution >= 0.6 is 0 Å². The fourth-order valence-electron chi connectivity index (χ4n) is 2.03. The lowest BCUT2D eigenvalue weighted by molar-refractivity contribution is -0.117. The van der Waals surface area contributed by atoms with Crippen molar-refractivity contribution in [2.45, 2.75) is 19.3 Å². The van der Waals surface area contributed by atoms with Gasteiger partial charge in [-0.05, 0) is 29.7 Å². The Hall–Kier alpha value is -2.62. The van der Waals surface area contributed by atoms with Gasteiger partial charge < -0.3 is 11.1 Å². The highest BCUT2D eigenvalue weighted by Gasteiger charge is 2.04. The molecule has 0 saturated carbocycles. The molecule has 0 heterocycles. The van der Waals surface area contributed by atoms with E-state index in [2.05, 4.69) is 5.32 Å². The average Bonchev–Trinajstić information content (AvgIpc) is 2.48. The molecule has 21 heavy (non-hydrogen) atoms. The molecule has 0 aliphatic heterocycles. The highest BCUT2D eigenvalue weighted by Crippen LogP contribution is 2.11. The number of amides is 2. The molecule has 4 nitrogen and oxygen atoms in total. The first-order valence-electron chi connectivity index (χ1n) is 6.84. The molecule has 2 aromatic carbocycles. The molecule has 0 aliphatic rings. The number of aryl methyl sites for hydroxylation is 1. The summed E-state index contributed by atoms with van der Waals surface area (Å²) in [6.07, 6.45) is 1.36. The Kier molecular flexibility index (Phi) is 5.10. The van der Waals surface area contributed by atoms with Crippen LogP contribution in [0.1, 0.15) is 17.5 Å². The fourth-order valence-corrected chi connectivity index (χ4v) is 2.03. The first-order chi connectivity index (χ1) is 10.1. The SMILES string of the molecule is NC(=O)Cc1ccc(NC(=O)CCc2ccccc2)cc1. The summed E-state index contributed by atoms with van der Waals surface area (Å²) in [6.45, 7) is 0. The zero-order valence-electron chi connectivity index (χ0n) is 11.7. The molecular weight excluding hydrogens is 264 g/mol. The van der Waals surface area contributed by atoms with E-state index < -0.39 is 0 Å². The molecule has 0 radical (unpaired) electrons. The summed E-state index contributed by atoms with van der Waals surface area (Å²) in [5, 5.41) is 2.84. The van der Waals surface area contributed by atoms with E-state index in [1.54, 1.807) is 24.3 Å². The van der Waals surface area contributed by atoms with Crippen LogP contribution in [0.4, 0.5) is 5.69 Å². The van der Waals surface area contributed by atoms with Gasteiger partial charge in [-0.15, -0.1) is 0 Å². The number of hydrogen-bond acceptors (Lipinski definition) is 2. The van der Waals surface area contributed by atoms with Crippen LogP contribution in [0.25, 0.3) is 0 Å². The topological polar surface area (TPSA) is 72.2 Å². The number of hydrogen-bond donors (Lipinski definition) is 2. The van der Waals surface area contributed by atoms with Crippen molar-refractivity contribution < 1.29 is 9.59 Å². The van der Waals surface area contributed by atoms with Crippen molar-refractivity contribution in [1.29, 1.82) is 0 Å². The predicted molar refractivity (Wildman–Crippen MR) is 82.7 cm³/mol. The van der Waals surface area contributed by atoms with Crippen molar-refractivity contribution in [3.05, 3.63) is 65.7 Å². The van der Waals surface area contributed by atoms with Crippen LogP contribution in [0.15, 0.2) is 54.6 Å². The second-order valence-corrected chi connectivity index (χ2v) is 4.87. The zero-order valence-corrected chi connectivity index (χ0v) is 11.7. The maximum atomic E-state index is 11.9. The number of nitrogens with two attached hydrogens (primary N) is 1. The van der Waals surface area contributed by atoms with Gasteiger partial charge in [-0.25, -0.2) is 0 Å². The van der Waals surface area contributed by atoms with Gasteiger partial charge in [0.1, 0.15) is 0 Å². The molecule has 0 saturated heterocycles. The standard InChI is InChI=1S/C17H18N2O2/c18-16(20)12-14-6-9-15(10-7-14)19-17(21)11-8-13-4-2-1-3-5-13/h1-7,9-10H,8,11-12H2,(H2,18,20)(H,19,21). The minimum atomic E-state index is -0.366. The molecule has 0 bridgehead atoms. The molecule has 3 N–H and O–H groups in total. The van der Waals surface area contributed by atoms with Crippen LogP contribution in [0.5, 0.6) is 0 Å². The fraction of sp³-hybridized carbons (Fsp3) is 0.176. The summed E-state index contributed by atoms with van der Waals surface area (Å²) in [5.41, 5.74) is 7.83. The molecule has 0 unspecified atom stereocenters. The van der Waals surface area contributed by atoms with Crippen molar-refractivity contribution in [2.24, 2.45) is 5.73 Å². The van der Waals surface area contributed by atoms with Gasteiger partial charge in [-0.2, -0.15) is 0 Å². The van der Waals surface area contributed by atoms with Gasteiger partial charge in [0, 0.05) is 12.1 Å². The molecular formula is C17H18N2O2. The van der Waals surface area contributed by atoms with E-state index in [-0.39, 0.29) is 18.2 Å². The van der Waals surface area contributed by atoms with Crippen molar-refractivity contribution in [1.82, 2.24) is 0 Å². The summed E-state index contributed by atoms with van der Waals surface area (Å²) in [5.74, 6) is -0.392. The van der Waals surface area contributed by atoms with Gasteiger partial charge in [0.05, 0.1) is 6.42 Å². The van der Waals surface area contributed by atoms with E-state index in [0.29, 0.717) is 12.8 Å². The smallest absolute Gasteiger partial charge is 0.224 e. The third kappa shape index (κ3) is 5.10. The Labute approximate surface area is 124 Å². The first kappa shape index (κ1) is 14.8. The van der Waals surface area contributed by atoms with Gasteiger partial charge in [0.25, 0.3) is 0 Å². The van der Waals surface area contributed by atoms with E-state index >= 15 is 0 Å². The van der Waals surface area contributed by atoms with E-state index in [1.165, 1.54) is 0 Å². The van der Waals surface area contributed by atoms with Gasteiger partial charge in [-0.3, -0.25) is 9.59 Å². The lowest BCUT2D eigenvalue weighted by atomic mass is 10.1. The van der Waals surface area contributed by atoms with Crippen LogP contribution in [-0.4, -0.2) is 11.8 Å². The van der Waals surface area contributed by atoms with Crippen LogP contribution in [0.3, 0.4) is 0 Å². The third-order valence-corrected chi connectivity index (χ3v) is 3.10. The molecule has 0 aliphatic carbocycles. The predicted octanol–water partition coefficient (Wildman–Crippen LogP) is 2.29. The lowest BCUT2D eigenvalue weighted by Gasteiger charge is -2.06. The minimum absolute atomic E-state index is 0.0264. The summed E-state index contributed by atoms with van der Waals surface area (Å²) in [7, 11) is 0. The molecule has 4 heteroatoms. The molecule has 0 aromatic heterocycles. The van der Waals surface area contributed by atoms with E-state index in [4.69, 9.17) is 5.73 Å². The van der Waals surface area contributed by atoms with Crippen molar-refractivity contribution in [3.63, 3.8) is 0 Å². The van der Waals surface area contributed by atoms with Gasteiger partial charge in [0.2, 0.25) is 11.8 Å². The molecule has 0 fully saturated rings. The van der Waals surface area contributed by atoms with Gasteiger partial charge in [-0.1, -0.05) is 42.5 Å². The summed E-state index contributed by atoms with van der Waals surface area (Å²) in [6, 6.07) is 17.0. The number of primary amides is 1. The van der Waals surface area contributed by atoms with E-state index in [1.807, 2.05) is 30.3 Å². The van der Waals surface area contributed by atoms with Crippen molar-refractivity contribution >= 4 is 17.5 Å². The highest BCUT2D eigenvalue weighted by atomic mass is 16.1. The summed E-state index contributed by atoms with van der Waals surface area (Å²) in [4.78, 5) is 22.7. The summed E-state index contributed by atoms with van der Waals surface area (Å²) < 4.78 is 0. The maximum absolute atomic E-state index is 11.9. The van der Waals surface area contributed by atoms with Crippen LogP contribution in [0.2, 0.25) is 0 Å². The highest BCUT2D eigenvalue weighted by molar-refractivity contribution is 5.90. The molecule has 0 atom stereocenters. The minimum Gasteiger partial charge on any atom is -0.369 e. The second kappa shape index (κ2) is 7.24. The largest absolute Gasteiger partial charge is 0.369 e. The molecule has 108 valence electrons. The lowest BCUT2D eigenvalue weighted by Crippen LogP contribution is -2.14. The first-order valence-corrected chi connectivity index (χ1v) is 6.84. The van der Waals surface area contributed by atoms with Crippen LogP contribution in [0, 0.1) is 0 Å². The second-order valence-electron chi connectivity index (χ2n) is 4.87. The van der Waals surface area contributed by atoms with E-state index in [0.717, 1.165) is 16.8 Å². The zero-order chi connectivity index (χ0) is 15.1. The Morgan fingerprint density at radius 1 is 0.905 bits per heavy atom. The van der Waals surface area contributed by atoms with Crippen LogP contribution in [-0.2, 0) is 22.4 Å². The number of anilines is 1. The Morgan fingerprint density at radius 3 is 2.19 bits per heavy atom. The summed E-state index contributed by atoms with van der Waals surface area (Å²) >= 11 is 0. The Bertz CT molecular complexity index is 606. The Morgan fingerprint density at radius 2 is 1.57 bits per heavy atom. The van der Waals surface area contributed by atoms with Crippen LogP contribution < -0.4 is 11.1 Å². The number of carbonyl (C=O) groups is 2. The molecule has 2 amide bonds. The van der Waals surface area contributed by atoms with Gasteiger partial charge in [0.15, 0.2) is 0 Å². The van der Waals surface area contributed by atoms with Crippen molar-refractivity contribution in [3.8, 4) is 0 Å². The molecule has 2 aromatic rings.